The molecule has 2 aromatic carbocycles. The van der Waals surface area contributed by atoms with Crippen molar-refractivity contribution in [3.8, 4) is 11.4 Å². The molecule has 2 N–H and O–H groups in total. The molecule has 2 unspecified atom stereocenters. The highest BCUT2D eigenvalue weighted by molar-refractivity contribution is 6.05. The highest BCUT2D eigenvalue weighted by Gasteiger charge is 2.53. The van der Waals surface area contributed by atoms with Crippen LogP contribution in [-0.2, 0) is 28.3 Å². The van der Waals surface area contributed by atoms with Crippen LogP contribution in [0.15, 0.2) is 53.4 Å². The van der Waals surface area contributed by atoms with Crippen LogP contribution in [0, 0.1) is 5.41 Å². The molecule has 10 heteroatoms. The Morgan fingerprint density at radius 2 is 1.88 bits per heavy atom. The molecule has 0 radical (unpaired) electrons. The Morgan fingerprint density at radius 1 is 1.10 bits per heavy atom. The number of piperidine rings is 2. The third kappa shape index (κ3) is 4.64. The number of likely N-dealkylation sites (tertiary alicyclic amines) is 1. The zero-order valence-corrected chi connectivity index (χ0v) is 23.4. The summed E-state index contributed by atoms with van der Waals surface area (Å²) >= 11 is 0. The molecular formula is C31H35N5O5. The van der Waals surface area contributed by atoms with Crippen molar-refractivity contribution in [3.63, 3.8) is 0 Å². The normalized spacial score (nSPS) is 24.4. The van der Waals surface area contributed by atoms with Gasteiger partial charge in [-0.25, -0.2) is 0 Å². The molecule has 41 heavy (non-hydrogen) atoms. The minimum atomic E-state index is -1.06. The van der Waals surface area contributed by atoms with Gasteiger partial charge in [-0.05, 0) is 48.4 Å². The van der Waals surface area contributed by atoms with Crippen LogP contribution in [0.1, 0.15) is 73.0 Å². The van der Waals surface area contributed by atoms with Crippen LogP contribution >= 0.6 is 0 Å². The monoisotopic (exact) mass is 557 g/mol. The summed E-state index contributed by atoms with van der Waals surface area (Å²) in [6.45, 7) is 6.80. The maximum Gasteiger partial charge on any atom is 0.255 e. The number of aliphatic hydroxyl groups is 1. The molecule has 6 rings (SSSR count). The number of nitrogens with one attached hydrogen (secondary N) is 1. The number of benzene rings is 2. The molecule has 3 aromatic rings. The highest BCUT2D eigenvalue weighted by Crippen LogP contribution is 2.51. The molecule has 3 aliphatic rings. The molecule has 0 saturated carbocycles. The van der Waals surface area contributed by atoms with E-state index in [1.54, 1.807) is 11.0 Å². The number of carbonyl (C=O) groups is 3. The zero-order chi connectivity index (χ0) is 28.8. The number of imide groups is 1. The van der Waals surface area contributed by atoms with E-state index in [1.165, 1.54) is 12.0 Å². The number of carbonyl (C=O) groups excluding carboxylic acids is 3. The van der Waals surface area contributed by atoms with Crippen LogP contribution in [0.25, 0.3) is 11.4 Å². The second-order valence-electron chi connectivity index (χ2n) is 11.5. The van der Waals surface area contributed by atoms with Gasteiger partial charge in [0.25, 0.3) is 5.91 Å². The second kappa shape index (κ2) is 10.5. The molecule has 2 saturated heterocycles. The Kier molecular flexibility index (Phi) is 6.99. The maximum absolute atomic E-state index is 13.2. The SMILES string of the molecule is CCC1(CC)CN(Cc2ccc(-c3ncon3)cc2)CCC1(O)c1ccc2c(c1)CN(C1CCC(=O)NC1=O)C2=O. The van der Waals surface area contributed by atoms with Crippen molar-refractivity contribution in [3.05, 3.63) is 71.1 Å². The molecule has 4 heterocycles. The van der Waals surface area contributed by atoms with E-state index in [4.69, 9.17) is 4.52 Å². The molecule has 0 bridgehead atoms. The molecule has 3 amide bonds. The first-order chi connectivity index (χ1) is 19.8. The predicted molar refractivity (Wildman–Crippen MR) is 149 cm³/mol. The van der Waals surface area contributed by atoms with Gasteiger partial charge in [0.15, 0.2) is 0 Å². The fraction of sp³-hybridized carbons (Fsp3) is 0.452. The Bertz CT molecular complexity index is 1470. The number of fused-ring (bicyclic) bond motifs is 1. The lowest BCUT2D eigenvalue weighted by Gasteiger charge is -2.54. The highest BCUT2D eigenvalue weighted by atomic mass is 16.5. The van der Waals surface area contributed by atoms with Crippen molar-refractivity contribution in [2.75, 3.05) is 13.1 Å². The van der Waals surface area contributed by atoms with Crippen molar-refractivity contribution in [2.24, 2.45) is 5.41 Å². The van der Waals surface area contributed by atoms with Gasteiger partial charge in [0.05, 0.1) is 5.60 Å². The molecule has 3 aliphatic heterocycles. The van der Waals surface area contributed by atoms with Gasteiger partial charge >= 0.3 is 0 Å². The fourth-order valence-corrected chi connectivity index (χ4v) is 7.01. The Labute approximate surface area is 238 Å². The average molecular weight is 558 g/mol. The minimum absolute atomic E-state index is 0.203. The van der Waals surface area contributed by atoms with E-state index in [0.717, 1.165) is 49.2 Å². The van der Waals surface area contributed by atoms with Crippen LogP contribution in [-0.4, -0.2) is 61.9 Å². The summed E-state index contributed by atoms with van der Waals surface area (Å²) in [6, 6.07) is 13.1. The lowest BCUT2D eigenvalue weighted by atomic mass is 9.61. The molecule has 0 aliphatic carbocycles. The van der Waals surface area contributed by atoms with E-state index in [1.807, 2.05) is 24.3 Å². The average Bonchev–Trinajstić information content (AvgIpc) is 3.63. The van der Waals surface area contributed by atoms with Crippen molar-refractivity contribution in [1.29, 1.82) is 0 Å². The quantitative estimate of drug-likeness (QED) is 0.423. The fourth-order valence-electron chi connectivity index (χ4n) is 7.01. The summed E-state index contributed by atoms with van der Waals surface area (Å²) in [5.74, 6) is -0.367. The molecule has 2 atom stereocenters. The first-order valence-electron chi connectivity index (χ1n) is 14.4. The minimum Gasteiger partial charge on any atom is -0.384 e. The standard InChI is InChI=1S/C31H35N5O5/c1-3-30(4-2)18-35(16-20-5-7-21(8-6-20)27-32-19-41-34-27)14-13-31(30,40)23-9-10-24-22(15-23)17-36(29(24)39)25-11-12-26(37)33-28(25)38/h5-10,15,19,25,40H,3-4,11-14,16-18H2,1-2H3,(H,33,37,38). The van der Waals surface area contributed by atoms with E-state index >= 15 is 0 Å². The van der Waals surface area contributed by atoms with Crippen molar-refractivity contribution in [1.82, 2.24) is 25.3 Å². The first kappa shape index (κ1) is 27.3. The Balaban J connectivity index is 1.21. The number of nitrogens with zero attached hydrogens (tertiary/aromatic N) is 4. The molecule has 214 valence electrons. The van der Waals surface area contributed by atoms with Gasteiger partial charge in [-0.3, -0.25) is 24.6 Å². The summed E-state index contributed by atoms with van der Waals surface area (Å²) in [7, 11) is 0. The smallest absolute Gasteiger partial charge is 0.255 e. The first-order valence-corrected chi connectivity index (χ1v) is 14.4. The van der Waals surface area contributed by atoms with E-state index in [2.05, 4.69) is 46.3 Å². The molecular weight excluding hydrogens is 522 g/mol. The van der Waals surface area contributed by atoms with Crippen LogP contribution in [0.3, 0.4) is 0 Å². The summed E-state index contributed by atoms with van der Waals surface area (Å²) in [5, 5.41) is 18.7. The Morgan fingerprint density at radius 3 is 2.56 bits per heavy atom. The van der Waals surface area contributed by atoms with E-state index < -0.39 is 17.6 Å². The predicted octanol–water partition coefficient (Wildman–Crippen LogP) is 3.40. The third-order valence-electron chi connectivity index (χ3n) is 9.53. The van der Waals surface area contributed by atoms with Crippen molar-refractivity contribution < 1.29 is 24.0 Å². The van der Waals surface area contributed by atoms with Gasteiger partial charge < -0.3 is 14.5 Å². The van der Waals surface area contributed by atoms with E-state index in [0.29, 0.717) is 30.8 Å². The molecule has 2 fully saturated rings. The van der Waals surface area contributed by atoms with Crippen LogP contribution in [0.2, 0.25) is 0 Å². The lowest BCUT2D eigenvalue weighted by Crippen LogP contribution is -2.57. The molecule has 1 aromatic heterocycles. The largest absolute Gasteiger partial charge is 0.384 e. The van der Waals surface area contributed by atoms with Gasteiger partial charge in [-0.1, -0.05) is 55.4 Å². The number of hydrogen-bond acceptors (Lipinski definition) is 8. The van der Waals surface area contributed by atoms with E-state index in [-0.39, 0.29) is 23.7 Å². The van der Waals surface area contributed by atoms with E-state index in [9.17, 15) is 19.5 Å². The summed E-state index contributed by atoms with van der Waals surface area (Å²) in [4.78, 5) is 45.4. The topological polar surface area (TPSA) is 129 Å². The van der Waals surface area contributed by atoms with Gasteiger partial charge in [-0.15, -0.1) is 0 Å². The van der Waals surface area contributed by atoms with Gasteiger partial charge in [-0.2, -0.15) is 4.98 Å². The number of rotatable bonds is 7. The third-order valence-corrected chi connectivity index (χ3v) is 9.53. The van der Waals surface area contributed by atoms with Crippen molar-refractivity contribution >= 4 is 17.7 Å². The second-order valence-corrected chi connectivity index (χ2v) is 11.5. The molecule has 10 nitrogen and oxygen atoms in total. The van der Waals surface area contributed by atoms with Gasteiger partial charge in [0, 0.05) is 49.1 Å². The zero-order valence-electron chi connectivity index (χ0n) is 23.4. The molecule has 0 spiro atoms. The van der Waals surface area contributed by atoms with Crippen molar-refractivity contribution in [2.45, 2.75) is 70.7 Å². The van der Waals surface area contributed by atoms with Crippen LogP contribution in [0.4, 0.5) is 0 Å². The number of amides is 3. The van der Waals surface area contributed by atoms with Crippen LogP contribution < -0.4 is 5.32 Å². The summed E-state index contributed by atoms with van der Waals surface area (Å²) in [6.07, 6.45) is 4.03. The van der Waals surface area contributed by atoms with Gasteiger partial charge in [0.1, 0.15) is 6.04 Å². The Hall–Kier alpha value is -3.89. The number of hydrogen-bond donors (Lipinski definition) is 2. The van der Waals surface area contributed by atoms with Gasteiger partial charge in [0.2, 0.25) is 24.0 Å². The maximum atomic E-state index is 13.2. The summed E-state index contributed by atoms with van der Waals surface area (Å²) in [5.41, 5.74) is 2.83. The van der Waals surface area contributed by atoms with Crippen LogP contribution in [0.5, 0.6) is 0 Å². The lowest BCUT2D eigenvalue weighted by molar-refractivity contribution is -0.148. The summed E-state index contributed by atoms with van der Waals surface area (Å²) < 4.78 is 4.86. The number of aromatic nitrogens is 2.